The van der Waals surface area contributed by atoms with E-state index < -0.39 is 0 Å². The first-order chi connectivity index (χ1) is 6.27. The third kappa shape index (κ3) is 1.75. The predicted octanol–water partition coefficient (Wildman–Crippen LogP) is 2.49. The van der Waals surface area contributed by atoms with Gasteiger partial charge in [0.2, 0.25) is 0 Å². The lowest BCUT2D eigenvalue weighted by molar-refractivity contribution is 0.177. The molecule has 0 spiro atoms. The van der Waals surface area contributed by atoms with Crippen molar-refractivity contribution in [3.05, 3.63) is 35.4 Å². The Bertz CT molecular complexity index is 291. The fourth-order valence-corrected chi connectivity index (χ4v) is 2.06. The van der Waals surface area contributed by atoms with Crippen molar-refractivity contribution in [3.63, 3.8) is 0 Å². The molecule has 1 aromatic rings. The highest BCUT2D eigenvalue weighted by atomic mass is 16.3. The standard InChI is InChI=1S/C12H16O/c1-9(13)6-7-11-8-10-4-2-3-5-12(10)11/h2-5,9,11,13H,6-8H2,1H3. The van der Waals surface area contributed by atoms with Crippen molar-refractivity contribution >= 4 is 0 Å². The average Bonchev–Trinajstić information content (AvgIpc) is 2.06. The molecule has 0 bridgehead atoms. The zero-order valence-electron chi connectivity index (χ0n) is 8.03. The highest BCUT2D eigenvalue weighted by Gasteiger charge is 2.24. The summed E-state index contributed by atoms with van der Waals surface area (Å²) in [7, 11) is 0. The van der Waals surface area contributed by atoms with E-state index in [-0.39, 0.29) is 6.10 Å². The van der Waals surface area contributed by atoms with Crippen molar-refractivity contribution in [1.82, 2.24) is 0 Å². The summed E-state index contributed by atoms with van der Waals surface area (Å²) in [5.41, 5.74) is 3.00. The van der Waals surface area contributed by atoms with Crippen molar-refractivity contribution in [2.24, 2.45) is 0 Å². The molecule has 0 radical (unpaired) electrons. The lowest BCUT2D eigenvalue weighted by Crippen LogP contribution is -2.18. The summed E-state index contributed by atoms with van der Waals surface area (Å²) in [5, 5.41) is 9.17. The third-order valence-electron chi connectivity index (χ3n) is 2.89. The largest absolute Gasteiger partial charge is 0.393 e. The number of fused-ring (bicyclic) bond motifs is 1. The summed E-state index contributed by atoms with van der Waals surface area (Å²) >= 11 is 0. The van der Waals surface area contributed by atoms with E-state index in [9.17, 15) is 0 Å². The van der Waals surface area contributed by atoms with Crippen LogP contribution in [0.2, 0.25) is 0 Å². The van der Waals surface area contributed by atoms with Crippen LogP contribution in [0, 0.1) is 0 Å². The second-order valence-corrected chi connectivity index (χ2v) is 4.03. The Morgan fingerprint density at radius 2 is 2.23 bits per heavy atom. The molecular weight excluding hydrogens is 160 g/mol. The molecule has 0 saturated heterocycles. The molecule has 0 heterocycles. The zero-order valence-corrected chi connectivity index (χ0v) is 8.03. The second kappa shape index (κ2) is 3.51. The molecule has 2 rings (SSSR count). The number of aliphatic hydroxyl groups excluding tert-OH is 1. The maximum Gasteiger partial charge on any atom is 0.0512 e. The minimum Gasteiger partial charge on any atom is -0.393 e. The van der Waals surface area contributed by atoms with Gasteiger partial charge in [0.1, 0.15) is 0 Å². The summed E-state index contributed by atoms with van der Waals surface area (Å²) in [6.45, 7) is 1.87. The molecule has 13 heavy (non-hydrogen) atoms. The van der Waals surface area contributed by atoms with Crippen LogP contribution in [0.1, 0.15) is 36.8 Å². The monoisotopic (exact) mass is 176 g/mol. The van der Waals surface area contributed by atoms with Crippen LogP contribution in [-0.2, 0) is 6.42 Å². The van der Waals surface area contributed by atoms with E-state index in [0.29, 0.717) is 5.92 Å². The quantitative estimate of drug-likeness (QED) is 0.750. The van der Waals surface area contributed by atoms with Crippen LogP contribution >= 0.6 is 0 Å². The van der Waals surface area contributed by atoms with Crippen LogP contribution in [0.25, 0.3) is 0 Å². The Balaban J connectivity index is 1.94. The van der Waals surface area contributed by atoms with Crippen molar-refractivity contribution in [1.29, 1.82) is 0 Å². The zero-order chi connectivity index (χ0) is 9.26. The van der Waals surface area contributed by atoms with Gasteiger partial charge in [0.05, 0.1) is 6.10 Å². The Hall–Kier alpha value is -0.820. The molecule has 1 N–H and O–H groups in total. The first-order valence-electron chi connectivity index (χ1n) is 5.03. The van der Waals surface area contributed by atoms with Gasteiger partial charge in [-0.3, -0.25) is 0 Å². The van der Waals surface area contributed by atoms with Gasteiger partial charge in [-0.1, -0.05) is 24.3 Å². The van der Waals surface area contributed by atoms with E-state index in [1.807, 2.05) is 6.92 Å². The van der Waals surface area contributed by atoms with E-state index >= 15 is 0 Å². The molecule has 1 nitrogen and oxygen atoms in total. The van der Waals surface area contributed by atoms with Crippen LogP contribution in [-0.4, -0.2) is 11.2 Å². The number of benzene rings is 1. The Morgan fingerprint density at radius 3 is 2.92 bits per heavy atom. The van der Waals surface area contributed by atoms with Crippen LogP contribution in [0.15, 0.2) is 24.3 Å². The van der Waals surface area contributed by atoms with E-state index in [0.717, 1.165) is 12.8 Å². The minimum absolute atomic E-state index is 0.146. The van der Waals surface area contributed by atoms with Crippen molar-refractivity contribution in [3.8, 4) is 0 Å². The fraction of sp³-hybridized carbons (Fsp3) is 0.500. The summed E-state index contributed by atoms with van der Waals surface area (Å²) in [6, 6.07) is 8.62. The van der Waals surface area contributed by atoms with Gasteiger partial charge in [-0.05, 0) is 43.2 Å². The molecule has 1 heteroatoms. The number of rotatable bonds is 3. The number of hydrogen-bond acceptors (Lipinski definition) is 1. The Morgan fingerprint density at radius 1 is 1.46 bits per heavy atom. The van der Waals surface area contributed by atoms with Crippen molar-refractivity contribution < 1.29 is 5.11 Å². The fourth-order valence-electron chi connectivity index (χ4n) is 2.06. The number of hydrogen-bond donors (Lipinski definition) is 1. The van der Waals surface area contributed by atoms with E-state index in [4.69, 9.17) is 5.11 Å². The SMILES string of the molecule is CC(O)CCC1Cc2ccccc21. The van der Waals surface area contributed by atoms with Gasteiger partial charge in [-0.2, -0.15) is 0 Å². The van der Waals surface area contributed by atoms with Crippen molar-refractivity contribution in [2.45, 2.75) is 38.2 Å². The minimum atomic E-state index is -0.146. The van der Waals surface area contributed by atoms with Gasteiger partial charge < -0.3 is 5.11 Å². The van der Waals surface area contributed by atoms with Crippen molar-refractivity contribution in [2.75, 3.05) is 0 Å². The molecule has 1 aliphatic carbocycles. The highest BCUT2D eigenvalue weighted by molar-refractivity contribution is 5.39. The first-order valence-corrected chi connectivity index (χ1v) is 5.03. The summed E-state index contributed by atoms with van der Waals surface area (Å²) < 4.78 is 0. The van der Waals surface area contributed by atoms with Crippen LogP contribution in [0.3, 0.4) is 0 Å². The average molecular weight is 176 g/mol. The van der Waals surface area contributed by atoms with Gasteiger partial charge in [0, 0.05) is 0 Å². The van der Waals surface area contributed by atoms with Gasteiger partial charge in [-0.15, -0.1) is 0 Å². The second-order valence-electron chi connectivity index (χ2n) is 4.03. The Kier molecular flexibility index (Phi) is 2.36. The maximum atomic E-state index is 9.17. The van der Waals surface area contributed by atoms with E-state index in [1.54, 1.807) is 0 Å². The third-order valence-corrected chi connectivity index (χ3v) is 2.89. The molecule has 0 aromatic heterocycles. The maximum absolute atomic E-state index is 9.17. The van der Waals surface area contributed by atoms with Crippen LogP contribution < -0.4 is 0 Å². The lowest BCUT2D eigenvalue weighted by atomic mass is 9.75. The van der Waals surface area contributed by atoms with Gasteiger partial charge in [-0.25, -0.2) is 0 Å². The molecule has 1 aliphatic rings. The summed E-state index contributed by atoms with van der Waals surface area (Å²) in [6.07, 6.45) is 3.13. The summed E-state index contributed by atoms with van der Waals surface area (Å²) in [4.78, 5) is 0. The molecule has 0 aliphatic heterocycles. The lowest BCUT2D eigenvalue weighted by Gasteiger charge is -2.30. The molecule has 1 aromatic carbocycles. The smallest absolute Gasteiger partial charge is 0.0512 e. The van der Waals surface area contributed by atoms with Crippen LogP contribution in [0.5, 0.6) is 0 Å². The Labute approximate surface area is 79.4 Å². The van der Waals surface area contributed by atoms with Gasteiger partial charge in [0.15, 0.2) is 0 Å². The molecule has 0 fully saturated rings. The van der Waals surface area contributed by atoms with Gasteiger partial charge >= 0.3 is 0 Å². The highest BCUT2D eigenvalue weighted by Crippen LogP contribution is 2.38. The molecular formula is C12H16O. The molecule has 0 amide bonds. The number of aliphatic hydroxyl groups is 1. The van der Waals surface area contributed by atoms with E-state index in [1.165, 1.54) is 17.5 Å². The van der Waals surface area contributed by atoms with Crippen LogP contribution in [0.4, 0.5) is 0 Å². The molecule has 70 valence electrons. The molecule has 0 saturated carbocycles. The van der Waals surface area contributed by atoms with Gasteiger partial charge in [0.25, 0.3) is 0 Å². The molecule has 2 atom stereocenters. The predicted molar refractivity (Wildman–Crippen MR) is 53.8 cm³/mol. The summed E-state index contributed by atoms with van der Waals surface area (Å²) in [5.74, 6) is 0.714. The normalized spacial score (nSPS) is 21.8. The van der Waals surface area contributed by atoms with E-state index in [2.05, 4.69) is 24.3 Å². The molecule has 2 unspecified atom stereocenters. The first kappa shape index (κ1) is 8.76. The topological polar surface area (TPSA) is 20.2 Å².